The van der Waals surface area contributed by atoms with Crippen molar-refractivity contribution in [3.8, 4) is 0 Å². The van der Waals surface area contributed by atoms with E-state index in [0.717, 1.165) is 6.42 Å². The molecule has 0 aliphatic carbocycles. The van der Waals surface area contributed by atoms with Crippen LogP contribution < -0.4 is 5.48 Å². The molecule has 0 saturated heterocycles. The highest BCUT2D eigenvalue weighted by molar-refractivity contribution is 6.76. The van der Waals surface area contributed by atoms with Gasteiger partial charge in [-0.1, -0.05) is 31.8 Å². The minimum atomic E-state index is -0.962. The van der Waals surface area contributed by atoms with Crippen molar-refractivity contribution < 1.29 is 9.63 Å². The quantitative estimate of drug-likeness (QED) is 0.419. The third-order valence-electron chi connectivity index (χ3n) is 1.65. The smallest absolute Gasteiger partial charge is 0.243 e. The van der Waals surface area contributed by atoms with Gasteiger partial charge in [-0.2, -0.15) is 0 Å². The number of carbonyl (C=O) groups excluding carboxylic acids is 1. The first kappa shape index (κ1) is 13.4. The van der Waals surface area contributed by atoms with Gasteiger partial charge < -0.3 is 0 Å². The monoisotopic (exact) mass is 215 g/mol. The summed E-state index contributed by atoms with van der Waals surface area (Å²) in [5, 5.41) is 0. The van der Waals surface area contributed by atoms with E-state index in [9.17, 15) is 4.79 Å². The van der Waals surface area contributed by atoms with E-state index in [0.29, 0.717) is 6.42 Å². The summed E-state index contributed by atoms with van der Waals surface area (Å²) in [6.07, 6.45) is 5.55. The topological polar surface area (TPSA) is 38.3 Å². The van der Waals surface area contributed by atoms with Gasteiger partial charge in [0.15, 0.2) is 0 Å². The molecule has 4 heteroatoms. The Morgan fingerprint density at radius 1 is 1.36 bits per heavy atom. The molecule has 0 unspecified atom stereocenters. The average Bonchev–Trinajstić information content (AvgIpc) is 2.02. The van der Waals surface area contributed by atoms with Crippen LogP contribution in [0.1, 0.15) is 12.8 Å². The molecule has 0 aliphatic heterocycles. The lowest BCUT2D eigenvalue weighted by Gasteiger charge is -2.11. The van der Waals surface area contributed by atoms with Crippen LogP contribution in [0.5, 0.6) is 0 Å². The number of nitrogens with one attached hydrogen (secondary N) is 1. The lowest BCUT2D eigenvalue weighted by atomic mass is 10.3. The molecule has 1 amide bonds. The normalized spacial score (nSPS) is 12.0. The molecule has 0 spiro atoms. The number of amides is 1. The zero-order valence-electron chi connectivity index (χ0n) is 9.59. The molecule has 0 saturated carbocycles. The molecule has 0 radical (unpaired) electrons. The van der Waals surface area contributed by atoms with E-state index >= 15 is 0 Å². The van der Waals surface area contributed by atoms with Gasteiger partial charge in [-0.05, 0) is 12.5 Å². The zero-order valence-corrected chi connectivity index (χ0v) is 10.6. The van der Waals surface area contributed by atoms with E-state index < -0.39 is 8.07 Å². The Kier molecular flexibility index (Phi) is 6.49. The Bertz CT molecular complexity index is 197. The summed E-state index contributed by atoms with van der Waals surface area (Å²) < 4.78 is 0. The molecule has 0 fully saturated rings. The van der Waals surface area contributed by atoms with Crippen molar-refractivity contribution in [1.29, 1.82) is 0 Å². The van der Waals surface area contributed by atoms with E-state index in [1.165, 1.54) is 13.2 Å². The van der Waals surface area contributed by atoms with Crippen molar-refractivity contribution in [2.24, 2.45) is 0 Å². The van der Waals surface area contributed by atoms with Crippen molar-refractivity contribution in [3.05, 3.63) is 12.2 Å². The molecular weight excluding hydrogens is 194 g/mol. The van der Waals surface area contributed by atoms with Gasteiger partial charge in [0.1, 0.15) is 0 Å². The van der Waals surface area contributed by atoms with Crippen molar-refractivity contribution >= 4 is 14.0 Å². The third-order valence-corrected chi connectivity index (χ3v) is 3.11. The number of hydrogen-bond acceptors (Lipinski definition) is 2. The number of allylic oxidation sites excluding steroid dienone is 2. The highest BCUT2D eigenvalue weighted by atomic mass is 28.3. The molecule has 0 aromatic rings. The van der Waals surface area contributed by atoms with Crippen LogP contribution in [0.2, 0.25) is 25.7 Å². The predicted molar refractivity (Wildman–Crippen MR) is 61.7 cm³/mol. The van der Waals surface area contributed by atoms with Gasteiger partial charge >= 0.3 is 0 Å². The molecule has 1 N–H and O–H groups in total. The lowest BCUT2D eigenvalue weighted by molar-refractivity contribution is -0.131. The fourth-order valence-electron chi connectivity index (χ4n) is 0.934. The molecule has 14 heavy (non-hydrogen) atoms. The second kappa shape index (κ2) is 6.78. The summed E-state index contributed by atoms with van der Waals surface area (Å²) in [5.74, 6) is -0.0647. The van der Waals surface area contributed by atoms with Gasteiger partial charge in [-0.25, -0.2) is 5.48 Å². The van der Waals surface area contributed by atoms with E-state index in [2.05, 4.69) is 42.1 Å². The van der Waals surface area contributed by atoms with Crippen LogP contribution in [0.4, 0.5) is 0 Å². The van der Waals surface area contributed by atoms with E-state index in [1.807, 2.05) is 0 Å². The SMILES string of the molecule is CONC(=O)CCC=CC[Si](C)(C)C. The Morgan fingerprint density at radius 2 is 2.00 bits per heavy atom. The maximum atomic E-state index is 10.9. The maximum Gasteiger partial charge on any atom is 0.243 e. The van der Waals surface area contributed by atoms with Gasteiger partial charge in [0.2, 0.25) is 5.91 Å². The van der Waals surface area contributed by atoms with Gasteiger partial charge in [-0.15, -0.1) is 0 Å². The molecule has 0 heterocycles. The molecule has 82 valence electrons. The first-order valence-electron chi connectivity index (χ1n) is 4.92. The molecule has 0 aromatic carbocycles. The summed E-state index contributed by atoms with van der Waals surface area (Å²) >= 11 is 0. The lowest BCUT2D eigenvalue weighted by Crippen LogP contribution is -2.21. The van der Waals surface area contributed by atoms with Crippen molar-refractivity contribution in [1.82, 2.24) is 5.48 Å². The Labute approximate surface area is 87.5 Å². The van der Waals surface area contributed by atoms with Gasteiger partial charge in [0.05, 0.1) is 7.11 Å². The van der Waals surface area contributed by atoms with Crippen LogP contribution >= 0.6 is 0 Å². The summed E-state index contributed by atoms with van der Waals surface area (Å²) in [5.41, 5.74) is 2.29. The molecule has 0 aromatic heterocycles. The summed E-state index contributed by atoms with van der Waals surface area (Å²) in [6.45, 7) is 6.99. The maximum absolute atomic E-state index is 10.9. The summed E-state index contributed by atoms with van der Waals surface area (Å²) in [4.78, 5) is 15.4. The predicted octanol–water partition coefficient (Wildman–Crippen LogP) is 2.34. The summed E-state index contributed by atoms with van der Waals surface area (Å²) in [7, 11) is 0.482. The van der Waals surface area contributed by atoms with Gasteiger partial charge in [0, 0.05) is 14.5 Å². The summed E-state index contributed by atoms with van der Waals surface area (Å²) in [6, 6.07) is 1.18. The highest BCUT2D eigenvalue weighted by Gasteiger charge is 2.09. The first-order valence-corrected chi connectivity index (χ1v) is 8.63. The van der Waals surface area contributed by atoms with Crippen LogP contribution in [-0.2, 0) is 9.63 Å². The molecule has 0 rings (SSSR count). The Hall–Kier alpha value is -0.613. The molecule has 0 atom stereocenters. The first-order chi connectivity index (χ1) is 6.45. The standard InChI is InChI=1S/C10H21NO2Si/c1-13-11-10(12)8-6-5-7-9-14(2,3)4/h5,7H,6,8-9H2,1-4H3,(H,11,12). The number of hydrogen-bond donors (Lipinski definition) is 1. The van der Waals surface area contributed by atoms with Crippen molar-refractivity contribution in [2.45, 2.75) is 38.5 Å². The van der Waals surface area contributed by atoms with Crippen LogP contribution in [0.15, 0.2) is 12.2 Å². The Balaban J connectivity index is 3.49. The number of hydroxylamine groups is 1. The second-order valence-electron chi connectivity index (χ2n) is 4.50. The van der Waals surface area contributed by atoms with Crippen LogP contribution in [0.25, 0.3) is 0 Å². The molecule has 3 nitrogen and oxygen atoms in total. The van der Waals surface area contributed by atoms with E-state index in [4.69, 9.17) is 0 Å². The third kappa shape index (κ3) is 9.47. The highest BCUT2D eigenvalue weighted by Crippen LogP contribution is 2.08. The Morgan fingerprint density at radius 3 is 2.50 bits per heavy atom. The van der Waals surface area contributed by atoms with Gasteiger partial charge in [0.25, 0.3) is 0 Å². The van der Waals surface area contributed by atoms with Crippen molar-refractivity contribution in [3.63, 3.8) is 0 Å². The number of carbonyl (C=O) groups is 1. The molecule has 0 bridgehead atoms. The molecule has 0 aliphatic rings. The zero-order chi connectivity index (χ0) is 11.0. The molecular formula is C10H21NO2Si. The fraction of sp³-hybridized carbons (Fsp3) is 0.700. The van der Waals surface area contributed by atoms with Gasteiger partial charge in [-0.3, -0.25) is 9.63 Å². The van der Waals surface area contributed by atoms with Crippen LogP contribution in [-0.4, -0.2) is 21.1 Å². The van der Waals surface area contributed by atoms with Crippen molar-refractivity contribution in [2.75, 3.05) is 7.11 Å². The average molecular weight is 215 g/mol. The number of rotatable bonds is 6. The van der Waals surface area contributed by atoms with E-state index in [1.54, 1.807) is 0 Å². The fourth-order valence-corrected chi connectivity index (χ4v) is 1.81. The largest absolute Gasteiger partial charge is 0.277 e. The minimum Gasteiger partial charge on any atom is -0.277 e. The van der Waals surface area contributed by atoms with Crippen LogP contribution in [0.3, 0.4) is 0 Å². The van der Waals surface area contributed by atoms with Crippen LogP contribution in [0, 0.1) is 0 Å². The van der Waals surface area contributed by atoms with E-state index in [-0.39, 0.29) is 5.91 Å². The second-order valence-corrected chi connectivity index (χ2v) is 10.0. The minimum absolute atomic E-state index is 0.0647.